The molecule has 1 N–H and O–H groups in total. The van der Waals surface area contributed by atoms with E-state index in [1.54, 1.807) is 0 Å². The van der Waals surface area contributed by atoms with Gasteiger partial charge in [0, 0.05) is 12.8 Å². The average molecular weight is 930 g/mol. The lowest BCUT2D eigenvalue weighted by Gasteiger charge is -2.15. The number of rotatable bonds is 50. The number of hydrogen-bond donors (Lipinski definition) is 1. The molecule has 0 fully saturated rings. The van der Waals surface area contributed by atoms with E-state index < -0.39 is 6.10 Å². The molecule has 0 amide bonds. The summed E-state index contributed by atoms with van der Waals surface area (Å²) in [7, 11) is 0. The summed E-state index contributed by atoms with van der Waals surface area (Å²) in [4.78, 5) is 24.4. The predicted molar refractivity (Wildman–Crippen MR) is 292 cm³/mol. The summed E-state index contributed by atoms with van der Waals surface area (Å²) < 4.78 is 10.6. The maximum absolute atomic E-state index is 12.3. The van der Waals surface area contributed by atoms with E-state index in [1.165, 1.54) is 128 Å². The summed E-state index contributed by atoms with van der Waals surface area (Å²) in [6.45, 7) is 3.99. The molecule has 0 aliphatic carbocycles. The highest BCUT2D eigenvalue weighted by Gasteiger charge is 2.16. The van der Waals surface area contributed by atoms with Crippen LogP contribution in [0.3, 0.4) is 0 Å². The Kier molecular flexibility index (Phi) is 54.0. The molecule has 5 nitrogen and oxygen atoms in total. The van der Waals surface area contributed by atoms with Crippen LogP contribution < -0.4 is 0 Å². The van der Waals surface area contributed by atoms with E-state index in [0.29, 0.717) is 12.8 Å². The first kappa shape index (κ1) is 63.6. The highest BCUT2D eigenvalue weighted by atomic mass is 16.6. The molecule has 0 aromatic carbocycles. The Hall–Kier alpha value is -3.44. The van der Waals surface area contributed by atoms with Gasteiger partial charge in [0.2, 0.25) is 0 Å². The van der Waals surface area contributed by atoms with Gasteiger partial charge in [0.15, 0.2) is 6.10 Å². The molecule has 0 saturated heterocycles. The number of aliphatic hydroxyl groups is 1. The maximum Gasteiger partial charge on any atom is 0.306 e. The molecule has 1 atom stereocenters. The van der Waals surface area contributed by atoms with Gasteiger partial charge in [-0.05, 0) is 103 Å². The SMILES string of the molecule is CC/C=C\C/C=C\C/C=C\C/C=C\C/C=C\C/C=C\C/C=C\C/C=C\CCCCCCCCCCCCCCCCCCC(=O)OC(CO)COC(=O)CCCCCCC/C=C\CCCCC. The zero-order chi connectivity index (χ0) is 48.5. The van der Waals surface area contributed by atoms with Crippen molar-refractivity contribution in [1.29, 1.82) is 0 Å². The molecule has 5 heteroatoms. The van der Waals surface area contributed by atoms with Gasteiger partial charge >= 0.3 is 11.9 Å². The number of aliphatic hydroxyl groups excluding tert-OH is 1. The summed E-state index contributed by atoms with van der Waals surface area (Å²) in [6.07, 6.45) is 82.1. The van der Waals surface area contributed by atoms with Crippen molar-refractivity contribution >= 4 is 11.9 Å². The first-order valence-electron chi connectivity index (χ1n) is 27.9. The number of esters is 2. The van der Waals surface area contributed by atoms with Gasteiger partial charge in [0.1, 0.15) is 6.61 Å². The van der Waals surface area contributed by atoms with Crippen LogP contribution >= 0.6 is 0 Å². The fraction of sp³-hybridized carbons (Fsp3) is 0.677. The lowest BCUT2D eigenvalue weighted by atomic mass is 10.0. The van der Waals surface area contributed by atoms with Crippen molar-refractivity contribution in [3.63, 3.8) is 0 Å². The number of hydrogen-bond acceptors (Lipinski definition) is 5. The smallest absolute Gasteiger partial charge is 0.306 e. The molecule has 0 radical (unpaired) electrons. The van der Waals surface area contributed by atoms with Gasteiger partial charge in [0.05, 0.1) is 6.61 Å². The van der Waals surface area contributed by atoms with Gasteiger partial charge in [-0.15, -0.1) is 0 Å². The molecule has 0 rings (SSSR count). The van der Waals surface area contributed by atoms with Gasteiger partial charge in [-0.2, -0.15) is 0 Å². The van der Waals surface area contributed by atoms with Crippen LogP contribution in [0.25, 0.3) is 0 Å². The molecule has 0 bridgehead atoms. The first-order chi connectivity index (χ1) is 33.1. The fourth-order valence-electron chi connectivity index (χ4n) is 7.62. The van der Waals surface area contributed by atoms with E-state index in [9.17, 15) is 14.7 Å². The lowest BCUT2D eigenvalue weighted by Crippen LogP contribution is -2.28. The normalized spacial score (nSPS) is 13.1. The Balaban J connectivity index is 3.49. The van der Waals surface area contributed by atoms with Crippen molar-refractivity contribution < 1.29 is 24.2 Å². The van der Waals surface area contributed by atoms with Crippen molar-refractivity contribution in [3.05, 3.63) is 109 Å². The van der Waals surface area contributed by atoms with E-state index in [1.807, 2.05) is 0 Å². The fourth-order valence-corrected chi connectivity index (χ4v) is 7.62. The average Bonchev–Trinajstić information content (AvgIpc) is 3.33. The Morgan fingerprint density at radius 3 is 0.985 bits per heavy atom. The molecular formula is C62H104O5. The molecule has 0 aromatic heterocycles. The van der Waals surface area contributed by atoms with Crippen LogP contribution in [0, 0.1) is 0 Å². The lowest BCUT2D eigenvalue weighted by molar-refractivity contribution is -0.161. The second kappa shape index (κ2) is 56.9. The van der Waals surface area contributed by atoms with Gasteiger partial charge in [-0.3, -0.25) is 9.59 Å². The van der Waals surface area contributed by atoms with Crippen LogP contribution in [0.1, 0.15) is 251 Å². The molecule has 0 aliphatic heterocycles. The molecule has 382 valence electrons. The summed E-state index contributed by atoms with van der Waals surface area (Å²) in [5.74, 6) is -0.601. The quantitative estimate of drug-likeness (QED) is 0.0374. The van der Waals surface area contributed by atoms with E-state index in [-0.39, 0.29) is 25.2 Å². The predicted octanol–water partition coefficient (Wildman–Crippen LogP) is 18.9. The van der Waals surface area contributed by atoms with Crippen molar-refractivity contribution in [1.82, 2.24) is 0 Å². The van der Waals surface area contributed by atoms with Gasteiger partial charge in [-0.25, -0.2) is 0 Å². The summed E-state index contributed by atoms with van der Waals surface area (Å²) >= 11 is 0. The number of allylic oxidation sites excluding steroid dienone is 18. The summed E-state index contributed by atoms with van der Waals surface area (Å²) in [5.41, 5.74) is 0. The van der Waals surface area contributed by atoms with Crippen molar-refractivity contribution in [3.8, 4) is 0 Å². The maximum atomic E-state index is 12.3. The molecule has 0 aliphatic rings. The molecule has 0 saturated carbocycles. The van der Waals surface area contributed by atoms with Crippen molar-refractivity contribution in [2.24, 2.45) is 0 Å². The largest absolute Gasteiger partial charge is 0.462 e. The number of carbonyl (C=O) groups excluding carboxylic acids is 2. The van der Waals surface area contributed by atoms with Crippen LogP contribution in [0.4, 0.5) is 0 Å². The Morgan fingerprint density at radius 2 is 0.642 bits per heavy atom. The summed E-state index contributed by atoms with van der Waals surface area (Å²) in [5, 5.41) is 9.61. The minimum Gasteiger partial charge on any atom is -0.462 e. The van der Waals surface area contributed by atoms with Crippen LogP contribution in [0.5, 0.6) is 0 Å². The van der Waals surface area contributed by atoms with E-state index in [2.05, 4.69) is 123 Å². The van der Waals surface area contributed by atoms with Crippen LogP contribution in [0.15, 0.2) is 109 Å². The first-order valence-corrected chi connectivity index (χ1v) is 27.9. The Bertz CT molecular complexity index is 1330. The monoisotopic (exact) mass is 929 g/mol. The van der Waals surface area contributed by atoms with Crippen molar-refractivity contribution in [2.45, 2.75) is 258 Å². The van der Waals surface area contributed by atoms with E-state index >= 15 is 0 Å². The topological polar surface area (TPSA) is 72.8 Å². The number of ether oxygens (including phenoxy) is 2. The highest BCUT2D eigenvalue weighted by Crippen LogP contribution is 2.15. The Labute approximate surface area is 414 Å². The second-order valence-corrected chi connectivity index (χ2v) is 18.3. The zero-order valence-corrected chi connectivity index (χ0v) is 43.6. The highest BCUT2D eigenvalue weighted by molar-refractivity contribution is 5.70. The molecular weight excluding hydrogens is 825 g/mol. The van der Waals surface area contributed by atoms with Crippen LogP contribution in [0.2, 0.25) is 0 Å². The minimum absolute atomic E-state index is 0.0719. The molecule has 0 aromatic rings. The standard InChI is InChI=1S/C62H104O5/c1-3-5-7-9-11-13-15-17-18-19-20-21-22-23-24-25-26-27-28-29-30-31-32-33-34-35-36-37-38-39-40-41-42-43-44-45-47-49-51-53-55-57-62(65)67-60(58-63)59-66-61(64)56-54-52-50-48-46-16-14-12-10-8-6-4-2/h5,7,11-14,17-18,20-21,23-24,26-27,29-30,32-33,60,63H,3-4,6,8-10,15-16,19,22,25,28,31,34-59H2,1-2H3/b7-5-,13-11-,14-12-,18-17-,21-20-,24-23-,27-26-,30-29-,33-32-. The summed E-state index contributed by atoms with van der Waals surface area (Å²) in [6, 6.07) is 0. The zero-order valence-electron chi connectivity index (χ0n) is 43.6. The molecule has 67 heavy (non-hydrogen) atoms. The third-order valence-electron chi connectivity index (χ3n) is 11.8. The van der Waals surface area contributed by atoms with Crippen LogP contribution in [-0.2, 0) is 19.1 Å². The molecule has 1 unspecified atom stereocenters. The second-order valence-electron chi connectivity index (χ2n) is 18.3. The van der Waals surface area contributed by atoms with Gasteiger partial charge in [-0.1, -0.05) is 245 Å². The van der Waals surface area contributed by atoms with E-state index in [0.717, 1.165) is 96.3 Å². The van der Waals surface area contributed by atoms with Crippen LogP contribution in [-0.4, -0.2) is 36.4 Å². The molecule has 0 spiro atoms. The number of unbranched alkanes of at least 4 members (excludes halogenated alkanes) is 24. The van der Waals surface area contributed by atoms with Gasteiger partial charge in [0.25, 0.3) is 0 Å². The van der Waals surface area contributed by atoms with Crippen molar-refractivity contribution in [2.75, 3.05) is 13.2 Å². The number of carbonyl (C=O) groups is 2. The third-order valence-corrected chi connectivity index (χ3v) is 11.8. The third kappa shape index (κ3) is 55.0. The Morgan fingerprint density at radius 1 is 0.358 bits per heavy atom. The minimum atomic E-state index is -0.778. The molecule has 0 heterocycles. The van der Waals surface area contributed by atoms with E-state index in [4.69, 9.17) is 9.47 Å². The van der Waals surface area contributed by atoms with Gasteiger partial charge < -0.3 is 14.6 Å².